The molecule has 0 radical (unpaired) electrons. The van der Waals surface area contributed by atoms with Crippen LogP contribution in [-0.2, 0) is 6.54 Å². The maximum Gasteiger partial charge on any atom is 0.273 e. The minimum Gasteiger partial charge on any atom is -0.309 e. The number of nitrogens with one attached hydrogen (secondary N) is 1. The van der Waals surface area contributed by atoms with Crippen LogP contribution in [0.3, 0.4) is 0 Å². The number of hydrogen-bond donors (Lipinski definition) is 1. The Hall–Kier alpha value is -0.940. The lowest BCUT2D eigenvalue weighted by Gasteiger charge is -2.28. The summed E-state index contributed by atoms with van der Waals surface area (Å²) in [6, 6.07) is 5.53. The van der Waals surface area contributed by atoms with Crippen LogP contribution < -0.4 is 5.32 Å². The van der Waals surface area contributed by atoms with Crippen LogP contribution in [-0.4, -0.2) is 11.0 Å². The molecule has 1 aliphatic carbocycles. The number of halogens is 1. The summed E-state index contributed by atoms with van der Waals surface area (Å²) >= 11 is 3.37. The van der Waals surface area contributed by atoms with Crippen LogP contribution in [0, 0.1) is 15.5 Å². The summed E-state index contributed by atoms with van der Waals surface area (Å²) in [5.74, 6) is 0. The summed E-state index contributed by atoms with van der Waals surface area (Å²) in [6.45, 7) is 5.06. The fraction of sp³-hybridized carbons (Fsp3) is 0.571. The second-order valence-electron chi connectivity index (χ2n) is 5.84. The van der Waals surface area contributed by atoms with E-state index < -0.39 is 0 Å². The molecule has 0 bridgehead atoms. The normalized spacial score (nSPS) is 21.5. The molecular formula is C14H19BrN2O2. The van der Waals surface area contributed by atoms with E-state index in [0.29, 0.717) is 12.6 Å². The Labute approximate surface area is 121 Å². The predicted molar refractivity (Wildman–Crippen MR) is 79.1 cm³/mol. The molecule has 2 rings (SSSR count). The summed E-state index contributed by atoms with van der Waals surface area (Å²) in [7, 11) is 0. The molecule has 1 atom stereocenters. The van der Waals surface area contributed by atoms with Crippen LogP contribution >= 0.6 is 15.9 Å². The van der Waals surface area contributed by atoms with Crippen molar-refractivity contribution in [2.45, 2.75) is 45.7 Å². The first-order chi connectivity index (χ1) is 8.90. The molecular weight excluding hydrogens is 308 g/mol. The highest BCUT2D eigenvalue weighted by molar-refractivity contribution is 9.10. The first-order valence-corrected chi connectivity index (χ1v) is 7.36. The van der Waals surface area contributed by atoms with Gasteiger partial charge >= 0.3 is 0 Å². The van der Waals surface area contributed by atoms with Crippen LogP contribution in [0.4, 0.5) is 5.69 Å². The summed E-state index contributed by atoms with van der Waals surface area (Å²) < 4.78 is 0.876. The van der Waals surface area contributed by atoms with Gasteiger partial charge < -0.3 is 5.32 Å². The van der Waals surface area contributed by atoms with Crippen LogP contribution in [0.15, 0.2) is 22.7 Å². The van der Waals surface area contributed by atoms with Crippen LogP contribution in [0.25, 0.3) is 0 Å². The third-order valence-electron chi connectivity index (χ3n) is 4.03. The van der Waals surface area contributed by atoms with Gasteiger partial charge in [0.1, 0.15) is 0 Å². The van der Waals surface area contributed by atoms with E-state index in [1.807, 2.05) is 6.07 Å². The molecule has 1 saturated carbocycles. The standard InChI is InChI=1S/C14H19BrN2O2/c1-14(2)7-3-4-13(14)16-9-10-8-11(15)5-6-12(10)17(18)19/h5-6,8,13,16H,3-4,7,9H2,1-2H3. The van der Waals surface area contributed by atoms with Gasteiger partial charge in [-0.25, -0.2) is 0 Å². The average molecular weight is 327 g/mol. The first kappa shape index (κ1) is 14.5. The summed E-state index contributed by atoms with van der Waals surface area (Å²) in [6.07, 6.45) is 3.59. The minimum atomic E-state index is -0.316. The van der Waals surface area contributed by atoms with Gasteiger partial charge in [-0.05, 0) is 30.4 Å². The van der Waals surface area contributed by atoms with Crippen molar-refractivity contribution >= 4 is 21.6 Å². The lowest BCUT2D eigenvalue weighted by atomic mass is 9.87. The maximum absolute atomic E-state index is 11.0. The van der Waals surface area contributed by atoms with E-state index in [1.54, 1.807) is 12.1 Å². The molecule has 4 nitrogen and oxygen atoms in total. The second-order valence-corrected chi connectivity index (χ2v) is 6.76. The predicted octanol–water partition coefficient (Wildman–Crippen LogP) is 4.03. The van der Waals surface area contributed by atoms with Gasteiger partial charge in [0.2, 0.25) is 0 Å². The SMILES string of the molecule is CC1(C)CCCC1NCc1cc(Br)ccc1[N+](=O)[O-]. The van der Waals surface area contributed by atoms with Gasteiger partial charge in [0.05, 0.1) is 4.92 Å². The highest BCUT2D eigenvalue weighted by Crippen LogP contribution is 2.37. The Morgan fingerprint density at radius 1 is 1.53 bits per heavy atom. The highest BCUT2D eigenvalue weighted by Gasteiger charge is 2.34. The Bertz CT molecular complexity index is 488. The number of benzene rings is 1. The van der Waals surface area contributed by atoms with Gasteiger partial charge in [0.25, 0.3) is 5.69 Å². The van der Waals surface area contributed by atoms with E-state index in [9.17, 15) is 10.1 Å². The minimum absolute atomic E-state index is 0.187. The van der Waals surface area contributed by atoms with Crippen molar-refractivity contribution in [3.05, 3.63) is 38.3 Å². The van der Waals surface area contributed by atoms with Crippen molar-refractivity contribution in [2.75, 3.05) is 0 Å². The number of hydrogen-bond acceptors (Lipinski definition) is 3. The second kappa shape index (κ2) is 5.59. The smallest absolute Gasteiger partial charge is 0.273 e. The zero-order valence-electron chi connectivity index (χ0n) is 11.3. The van der Waals surface area contributed by atoms with Crippen molar-refractivity contribution < 1.29 is 4.92 Å². The van der Waals surface area contributed by atoms with Crippen molar-refractivity contribution in [3.63, 3.8) is 0 Å². The molecule has 0 aromatic heterocycles. The third-order valence-corrected chi connectivity index (χ3v) is 4.53. The third kappa shape index (κ3) is 3.34. The molecule has 19 heavy (non-hydrogen) atoms. The van der Waals surface area contributed by atoms with Gasteiger partial charge in [-0.3, -0.25) is 10.1 Å². The molecule has 0 amide bonds. The first-order valence-electron chi connectivity index (χ1n) is 6.56. The van der Waals surface area contributed by atoms with Crippen molar-refractivity contribution in [1.82, 2.24) is 5.32 Å². The van der Waals surface area contributed by atoms with Crippen molar-refractivity contribution in [1.29, 1.82) is 0 Å². The van der Waals surface area contributed by atoms with Gasteiger partial charge in [0.15, 0.2) is 0 Å². The van der Waals surface area contributed by atoms with E-state index in [4.69, 9.17) is 0 Å². The van der Waals surface area contributed by atoms with Crippen LogP contribution in [0.2, 0.25) is 0 Å². The molecule has 1 fully saturated rings. The largest absolute Gasteiger partial charge is 0.309 e. The molecule has 1 aliphatic rings. The lowest BCUT2D eigenvalue weighted by Crippen LogP contribution is -2.37. The molecule has 5 heteroatoms. The topological polar surface area (TPSA) is 55.2 Å². The molecule has 0 spiro atoms. The summed E-state index contributed by atoms with van der Waals surface area (Å²) in [5, 5.41) is 14.5. The van der Waals surface area contributed by atoms with Crippen molar-refractivity contribution in [2.24, 2.45) is 5.41 Å². The van der Waals surface area contributed by atoms with Gasteiger partial charge in [-0.1, -0.05) is 36.2 Å². The highest BCUT2D eigenvalue weighted by atomic mass is 79.9. The Morgan fingerprint density at radius 2 is 2.26 bits per heavy atom. The van der Waals surface area contributed by atoms with Crippen LogP contribution in [0.5, 0.6) is 0 Å². The zero-order chi connectivity index (χ0) is 14.0. The Balaban J connectivity index is 2.11. The van der Waals surface area contributed by atoms with E-state index in [2.05, 4.69) is 35.1 Å². The van der Waals surface area contributed by atoms with E-state index >= 15 is 0 Å². The Kier molecular flexibility index (Phi) is 4.26. The van der Waals surface area contributed by atoms with E-state index in [0.717, 1.165) is 16.5 Å². The molecule has 104 valence electrons. The molecule has 0 saturated heterocycles. The number of nitrogens with zero attached hydrogens (tertiary/aromatic N) is 1. The van der Waals surface area contributed by atoms with Crippen molar-refractivity contribution in [3.8, 4) is 0 Å². The van der Waals surface area contributed by atoms with E-state index in [1.165, 1.54) is 12.8 Å². The lowest BCUT2D eigenvalue weighted by molar-refractivity contribution is -0.385. The van der Waals surface area contributed by atoms with Gasteiger partial charge in [-0.2, -0.15) is 0 Å². The van der Waals surface area contributed by atoms with E-state index in [-0.39, 0.29) is 16.0 Å². The summed E-state index contributed by atoms with van der Waals surface area (Å²) in [4.78, 5) is 10.7. The van der Waals surface area contributed by atoms with Gasteiger partial charge in [0, 0.05) is 28.7 Å². The fourth-order valence-corrected chi connectivity index (χ4v) is 3.22. The maximum atomic E-state index is 11.0. The summed E-state index contributed by atoms with van der Waals surface area (Å²) in [5.41, 5.74) is 1.20. The molecule has 0 heterocycles. The number of nitro benzene ring substituents is 1. The monoisotopic (exact) mass is 326 g/mol. The number of rotatable bonds is 4. The molecule has 1 unspecified atom stereocenters. The molecule has 1 aromatic rings. The number of nitro groups is 1. The Morgan fingerprint density at radius 3 is 2.84 bits per heavy atom. The molecule has 0 aliphatic heterocycles. The molecule has 1 N–H and O–H groups in total. The zero-order valence-corrected chi connectivity index (χ0v) is 12.9. The fourth-order valence-electron chi connectivity index (χ4n) is 2.81. The van der Waals surface area contributed by atoms with Crippen LogP contribution in [0.1, 0.15) is 38.7 Å². The van der Waals surface area contributed by atoms with Gasteiger partial charge in [-0.15, -0.1) is 0 Å². The average Bonchev–Trinajstić information content (AvgIpc) is 2.65. The quantitative estimate of drug-likeness (QED) is 0.671. The molecule has 1 aromatic carbocycles.